The fourth-order valence-corrected chi connectivity index (χ4v) is 2.01. The van der Waals surface area contributed by atoms with E-state index in [1.807, 2.05) is 39.7 Å². The molecule has 1 N–H and O–H groups in total. The Morgan fingerprint density at radius 2 is 1.90 bits per heavy atom. The van der Waals surface area contributed by atoms with Crippen molar-refractivity contribution in [3.8, 4) is 0 Å². The largest absolute Gasteiger partial charge is 0.348 e. The number of aromatic nitrogens is 4. The average molecular weight is 288 g/mol. The number of anilines is 1. The molecule has 0 aliphatic heterocycles. The fraction of sp³-hybridized carbons (Fsp3) is 0.429. The number of nitrogens with one attached hydrogen (secondary N) is 1. The van der Waals surface area contributed by atoms with E-state index in [0.29, 0.717) is 18.1 Å². The zero-order chi connectivity index (χ0) is 15.6. The van der Waals surface area contributed by atoms with Crippen molar-refractivity contribution < 1.29 is 4.79 Å². The Bertz CT molecular complexity index is 644. The third-order valence-electron chi connectivity index (χ3n) is 3.39. The van der Waals surface area contributed by atoms with Crippen molar-refractivity contribution in [1.29, 1.82) is 0 Å². The van der Waals surface area contributed by atoms with Crippen LogP contribution in [0.1, 0.15) is 27.3 Å². The first kappa shape index (κ1) is 15.0. The van der Waals surface area contributed by atoms with Gasteiger partial charge in [-0.3, -0.25) is 9.48 Å². The van der Waals surface area contributed by atoms with Crippen molar-refractivity contribution in [2.45, 2.75) is 20.4 Å². The molecule has 0 saturated carbocycles. The molecule has 0 atom stereocenters. The third kappa shape index (κ3) is 3.18. The molecule has 0 aliphatic rings. The van der Waals surface area contributed by atoms with Gasteiger partial charge in [0, 0.05) is 51.3 Å². The minimum atomic E-state index is -0.192. The summed E-state index contributed by atoms with van der Waals surface area (Å²) in [5.41, 5.74) is 3.46. The lowest BCUT2D eigenvalue weighted by atomic mass is 10.2. The number of hydrogen-bond donors (Lipinski definition) is 1. The predicted octanol–water partition coefficient (Wildman–Crippen LogP) is 0.823. The highest BCUT2D eigenvalue weighted by Crippen LogP contribution is 2.11. The number of aryl methyl sites for hydroxylation is 2. The van der Waals surface area contributed by atoms with Crippen LogP contribution < -0.4 is 10.2 Å². The van der Waals surface area contributed by atoms with Gasteiger partial charge in [-0.15, -0.1) is 0 Å². The van der Waals surface area contributed by atoms with Crippen LogP contribution in [0.3, 0.4) is 0 Å². The molecule has 0 spiro atoms. The van der Waals surface area contributed by atoms with Gasteiger partial charge in [-0.1, -0.05) is 0 Å². The number of nitrogens with zero attached hydrogens (tertiary/aromatic N) is 5. The van der Waals surface area contributed by atoms with E-state index < -0.39 is 0 Å². The van der Waals surface area contributed by atoms with Crippen LogP contribution in [0.25, 0.3) is 0 Å². The molecule has 2 rings (SSSR count). The van der Waals surface area contributed by atoms with Gasteiger partial charge in [0.15, 0.2) is 0 Å². The van der Waals surface area contributed by atoms with Gasteiger partial charge in [0.1, 0.15) is 0 Å². The van der Waals surface area contributed by atoms with E-state index in [0.717, 1.165) is 17.0 Å². The van der Waals surface area contributed by atoms with E-state index in [9.17, 15) is 4.79 Å². The second kappa shape index (κ2) is 5.90. The SMILES string of the molecule is Cc1nn(C)c(C)c1CNC(=O)c1cnc(N(C)C)nc1. The van der Waals surface area contributed by atoms with Crippen molar-refractivity contribution >= 4 is 11.9 Å². The van der Waals surface area contributed by atoms with Crippen LogP contribution in [-0.2, 0) is 13.6 Å². The topological polar surface area (TPSA) is 75.9 Å². The smallest absolute Gasteiger partial charge is 0.254 e. The normalized spacial score (nSPS) is 10.5. The van der Waals surface area contributed by atoms with Crippen molar-refractivity contribution in [3.63, 3.8) is 0 Å². The molecule has 21 heavy (non-hydrogen) atoms. The molecule has 1 amide bonds. The summed E-state index contributed by atoms with van der Waals surface area (Å²) >= 11 is 0. The molecule has 0 aromatic carbocycles. The summed E-state index contributed by atoms with van der Waals surface area (Å²) in [6.07, 6.45) is 3.06. The number of amides is 1. The summed E-state index contributed by atoms with van der Waals surface area (Å²) in [6, 6.07) is 0. The van der Waals surface area contributed by atoms with E-state index in [1.54, 1.807) is 4.90 Å². The van der Waals surface area contributed by atoms with Crippen LogP contribution in [0.15, 0.2) is 12.4 Å². The first-order chi connectivity index (χ1) is 9.90. The average Bonchev–Trinajstić information content (AvgIpc) is 2.70. The molecule has 0 fully saturated rings. The molecule has 2 heterocycles. The fourth-order valence-electron chi connectivity index (χ4n) is 2.01. The molecule has 0 unspecified atom stereocenters. The molecule has 2 aromatic heterocycles. The van der Waals surface area contributed by atoms with Crippen LogP contribution in [0, 0.1) is 13.8 Å². The Kier molecular flexibility index (Phi) is 4.21. The summed E-state index contributed by atoms with van der Waals surface area (Å²) in [7, 11) is 5.59. The molecule has 2 aromatic rings. The highest BCUT2D eigenvalue weighted by Gasteiger charge is 2.12. The summed E-state index contributed by atoms with van der Waals surface area (Å²) < 4.78 is 1.81. The van der Waals surface area contributed by atoms with Gasteiger partial charge in [0.05, 0.1) is 11.3 Å². The highest BCUT2D eigenvalue weighted by atomic mass is 16.1. The second-order valence-electron chi connectivity index (χ2n) is 5.12. The van der Waals surface area contributed by atoms with Crippen molar-refractivity contribution in [1.82, 2.24) is 25.1 Å². The first-order valence-corrected chi connectivity index (χ1v) is 6.66. The Balaban J connectivity index is 2.04. The van der Waals surface area contributed by atoms with Crippen molar-refractivity contribution in [2.75, 3.05) is 19.0 Å². The van der Waals surface area contributed by atoms with Crippen LogP contribution in [0.4, 0.5) is 5.95 Å². The van der Waals surface area contributed by atoms with Crippen LogP contribution in [0.5, 0.6) is 0 Å². The number of rotatable bonds is 4. The Labute approximate surface area is 124 Å². The van der Waals surface area contributed by atoms with Crippen LogP contribution in [0.2, 0.25) is 0 Å². The van der Waals surface area contributed by atoms with Crippen LogP contribution >= 0.6 is 0 Å². The standard InChI is InChI=1S/C14H20N6O/c1-9-12(10(2)20(5)18-9)8-15-13(21)11-6-16-14(17-7-11)19(3)4/h6-7H,8H2,1-5H3,(H,15,21). The zero-order valence-corrected chi connectivity index (χ0v) is 13.0. The minimum absolute atomic E-state index is 0.192. The van der Waals surface area contributed by atoms with E-state index in [2.05, 4.69) is 20.4 Å². The molecule has 112 valence electrons. The molecule has 7 nitrogen and oxygen atoms in total. The van der Waals surface area contributed by atoms with E-state index in [-0.39, 0.29) is 5.91 Å². The van der Waals surface area contributed by atoms with Gasteiger partial charge in [-0.05, 0) is 13.8 Å². The van der Waals surface area contributed by atoms with Gasteiger partial charge in [-0.2, -0.15) is 5.10 Å². The van der Waals surface area contributed by atoms with Crippen molar-refractivity contribution in [2.24, 2.45) is 7.05 Å². The lowest BCUT2D eigenvalue weighted by molar-refractivity contribution is 0.0950. The zero-order valence-electron chi connectivity index (χ0n) is 13.0. The highest BCUT2D eigenvalue weighted by molar-refractivity contribution is 5.93. The minimum Gasteiger partial charge on any atom is -0.348 e. The third-order valence-corrected chi connectivity index (χ3v) is 3.39. The Morgan fingerprint density at radius 3 is 2.38 bits per heavy atom. The number of carbonyl (C=O) groups is 1. The van der Waals surface area contributed by atoms with Gasteiger partial charge in [-0.25, -0.2) is 9.97 Å². The maximum Gasteiger partial charge on any atom is 0.254 e. The van der Waals surface area contributed by atoms with Gasteiger partial charge >= 0.3 is 0 Å². The molecular formula is C14H20N6O. The van der Waals surface area contributed by atoms with Crippen LogP contribution in [-0.4, -0.2) is 39.8 Å². The Hall–Kier alpha value is -2.44. The number of carbonyl (C=O) groups excluding carboxylic acids is 1. The summed E-state index contributed by atoms with van der Waals surface area (Å²) in [5.74, 6) is 0.383. The van der Waals surface area contributed by atoms with Gasteiger partial charge in [0.2, 0.25) is 5.95 Å². The molecular weight excluding hydrogens is 268 g/mol. The molecule has 0 radical (unpaired) electrons. The maximum atomic E-state index is 12.1. The predicted molar refractivity (Wildman–Crippen MR) is 80.2 cm³/mol. The van der Waals surface area contributed by atoms with Crippen molar-refractivity contribution in [3.05, 3.63) is 34.9 Å². The summed E-state index contributed by atoms with van der Waals surface area (Å²) in [6.45, 7) is 4.36. The molecule has 7 heteroatoms. The van der Waals surface area contributed by atoms with E-state index >= 15 is 0 Å². The molecule has 0 saturated heterocycles. The lowest BCUT2D eigenvalue weighted by Crippen LogP contribution is -2.24. The molecule has 0 bridgehead atoms. The Morgan fingerprint density at radius 1 is 1.29 bits per heavy atom. The van der Waals surface area contributed by atoms with E-state index in [1.165, 1.54) is 12.4 Å². The molecule has 0 aliphatic carbocycles. The maximum absolute atomic E-state index is 12.1. The van der Waals surface area contributed by atoms with Gasteiger partial charge < -0.3 is 10.2 Å². The van der Waals surface area contributed by atoms with E-state index in [4.69, 9.17) is 0 Å². The van der Waals surface area contributed by atoms with Gasteiger partial charge in [0.25, 0.3) is 5.91 Å². The lowest BCUT2D eigenvalue weighted by Gasteiger charge is -2.10. The monoisotopic (exact) mass is 288 g/mol. The second-order valence-corrected chi connectivity index (χ2v) is 5.12. The summed E-state index contributed by atoms with van der Waals surface area (Å²) in [5, 5.41) is 7.20. The summed E-state index contributed by atoms with van der Waals surface area (Å²) in [4.78, 5) is 22.1. The number of hydrogen-bond acceptors (Lipinski definition) is 5. The quantitative estimate of drug-likeness (QED) is 0.901. The first-order valence-electron chi connectivity index (χ1n) is 6.66.